The van der Waals surface area contributed by atoms with Crippen molar-refractivity contribution < 1.29 is 0 Å². The summed E-state index contributed by atoms with van der Waals surface area (Å²) in [7, 11) is 0. The maximum atomic E-state index is 2.46. The van der Waals surface area contributed by atoms with Crippen molar-refractivity contribution in [3.63, 3.8) is 0 Å². The molecule has 8 aromatic carbocycles. The van der Waals surface area contributed by atoms with E-state index >= 15 is 0 Å². The second kappa shape index (κ2) is 10.6. The van der Waals surface area contributed by atoms with Crippen molar-refractivity contribution in [3.05, 3.63) is 151 Å². The van der Waals surface area contributed by atoms with E-state index in [1.165, 1.54) is 98.7 Å². The van der Waals surface area contributed by atoms with E-state index in [0.717, 1.165) is 12.8 Å². The molecule has 0 unspecified atom stereocenters. The van der Waals surface area contributed by atoms with E-state index < -0.39 is 0 Å². The summed E-state index contributed by atoms with van der Waals surface area (Å²) in [5.74, 6) is 0. The molecule has 0 aromatic heterocycles. The fourth-order valence-corrected chi connectivity index (χ4v) is 8.01. The molecule has 0 bridgehead atoms. The molecule has 0 heteroatoms. The zero-order valence-electron chi connectivity index (χ0n) is 26.3. The normalized spacial score (nSPS) is 12.7. The molecule has 0 radical (unpaired) electrons. The number of rotatable bonds is 2. The molecule has 10 rings (SSSR count). The predicted molar refractivity (Wildman–Crippen MR) is 200 cm³/mol. The van der Waals surface area contributed by atoms with Crippen molar-refractivity contribution in [1.82, 2.24) is 0 Å². The van der Waals surface area contributed by atoms with Crippen LogP contribution in [0.4, 0.5) is 0 Å². The third kappa shape index (κ3) is 3.93. The maximum absolute atomic E-state index is 2.46. The van der Waals surface area contributed by atoms with Gasteiger partial charge < -0.3 is 0 Å². The van der Waals surface area contributed by atoms with Crippen LogP contribution in [0, 0.1) is 0 Å². The summed E-state index contributed by atoms with van der Waals surface area (Å²) >= 11 is 0. The number of fused-ring (bicyclic) bond motifs is 9. The summed E-state index contributed by atoms with van der Waals surface area (Å²) in [5, 5.41) is 10.6. The molecule has 218 valence electrons. The molecule has 0 aliphatic heterocycles. The lowest BCUT2D eigenvalue weighted by atomic mass is 9.84. The van der Waals surface area contributed by atoms with Crippen molar-refractivity contribution in [2.45, 2.75) is 26.7 Å². The Kier molecular flexibility index (Phi) is 6.18. The first-order valence-corrected chi connectivity index (χ1v) is 16.7. The maximum Gasteiger partial charge on any atom is -0.00201 e. The molecule has 0 spiro atoms. The number of benzene rings is 8. The molecule has 0 nitrogen and oxygen atoms in total. The zero-order chi connectivity index (χ0) is 30.8. The van der Waals surface area contributed by atoms with Crippen LogP contribution < -0.4 is 0 Å². The number of hydrogen-bond acceptors (Lipinski definition) is 0. The van der Waals surface area contributed by atoms with Gasteiger partial charge in [-0.1, -0.05) is 141 Å². The van der Waals surface area contributed by atoms with Gasteiger partial charge in [0.15, 0.2) is 0 Å². The SMILES string of the molecule is C1=Cc2c(c(-c3ccc4ccc(-c5ccc6c7c(cccc57)-c5ccccc5-6)cc4c3)cc3c2ccc2ccccc23)CC1.CC. The molecule has 2 aliphatic rings. The average molecular weight is 587 g/mol. The van der Waals surface area contributed by atoms with Crippen LogP contribution in [0.25, 0.3) is 93.7 Å². The first kappa shape index (κ1) is 26.9. The van der Waals surface area contributed by atoms with Gasteiger partial charge in [0.05, 0.1) is 0 Å². The Labute approximate surface area is 270 Å². The summed E-state index contributed by atoms with van der Waals surface area (Å²) in [6, 6.07) is 50.1. The fraction of sp³-hybridized carbons (Fsp3) is 0.0870. The van der Waals surface area contributed by atoms with Crippen molar-refractivity contribution in [3.8, 4) is 44.5 Å². The smallest absolute Gasteiger partial charge is 0.00201 e. The van der Waals surface area contributed by atoms with Crippen LogP contribution in [0.5, 0.6) is 0 Å². The summed E-state index contributed by atoms with van der Waals surface area (Å²) in [4.78, 5) is 0. The summed E-state index contributed by atoms with van der Waals surface area (Å²) in [6.07, 6.45) is 6.85. The Bertz CT molecular complexity index is 2510. The van der Waals surface area contributed by atoms with Gasteiger partial charge in [-0.3, -0.25) is 0 Å². The molecule has 0 amide bonds. The van der Waals surface area contributed by atoms with Gasteiger partial charge in [0.1, 0.15) is 0 Å². The highest BCUT2D eigenvalue weighted by molar-refractivity contribution is 6.19. The van der Waals surface area contributed by atoms with Crippen LogP contribution in [-0.4, -0.2) is 0 Å². The Morgan fingerprint density at radius 3 is 1.89 bits per heavy atom. The fourth-order valence-electron chi connectivity index (χ4n) is 8.01. The lowest BCUT2D eigenvalue weighted by Crippen LogP contribution is -1.99. The highest BCUT2D eigenvalue weighted by Gasteiger charge is 2.22. The zero-order valence-corrected chi connectivity index (χ0v) is 26.3. The van der Waals surface area contributed by atoms with E-state index in [2.05, 4.69) is 146 Å². The second-order valence-corrected chi connectivity index (χ2v) is 12.4. The van der Waals surface area contributed by atoms with Crippen LogP contribution in [0.1, 0.15) is 31.4 Å². The molecule has 0 saturated heterocycles. The van der Waals surface area contributed by atoms with Crippen molar-refractivity contribution in [2.24, 2.45) is 0 Å². The van der Waals surface area contributed by atoms with Gasteiger partial charge in [-0.05, 0) is 130 Å². The quantitative estimate of drug-likeness (QED) is 0.177. The molecular weight excluding hydrogens is 553 g/mol. The van der Waals surface area contributed by atoms with Crippen LogP contribution in [0.3, 0.4) is 0 Å². The van der Waals surface area contributed by atoms with Crippen molar-refractivity contribution >= 4 is 49.2 Å². The Morgan fingerprint density at radius 1 is 0.413 bits per heavy atom. The van der Waals surface area contributed by atoms with Gasteiger partial charge >= 0.3 is 0 Å². The molecular formula is C46H34. The minimum Gasteiger partial charge on any atom is -0.0836 e. The van der Waals surface area contributed by atoms with E-state index in [1.54, 1.807) is 0 Å². The molecule has 0 heterocycles. The molecule has 0 saturated carbocycles. The minimum absolute atomic E-state index is 1.07. The van der Waals surface area contributed by atoms with Crippen LogP contribution in [-0.2, 0) is 6.42 Å². The van der Waals surface area contributed by atoms with Crippen LogP contribution >= 0.6 is 0 Å². The van der Waals surface area contributed by atoms with E-state index in [0.29, 0.717) is 0 Å². The lowest BCUT2D eigenvalue weighted by Gasteiger charge is -2.20. The second-order valence-electron chi connectivity index (χ2n) is 12.4. The highest BCUT2D eigenvalue weighted by Crippen LogP contribution is 2.49. The number of allylic oxidation sites excluding steroid dienone is 1. The summed E-state index contributed by atoms with van der Waals surface area (Å²) in [6.45, 7) is 4.00. The first-order chi connectivity index (χ1) is 22.8. The Balaban J connectivity index is 0.00000143. The van der Waals surface area contributed by atoms with Gasteiger partial charge in [0.2, 0.25) is 0 Å². The van der Waals surface area contributed by atoms with Crippen molar-refractivity contribution in [2.75, 3.05) is 0 Å². The van der Waals surface area contributed by atoms with Gasteiger partial charge in [0, 0.05) is 0 Å². The molecule has 0 fully saturated rings. The standard InChI is InChI=1S/C44H28.C2H6/c1-2-9-32-28(8-1)20-21-38-34-10-3-6-13-37(34)42(26-43(32)38)30-19-17-27-16-18-29(24-31(27)25-30)33-22-23-41-36-12-5-4-11-35(36)40-15-7-14-39(33)44(40)41;1-2/h1-5,7-12,14-26H,6,13H2;1-2H3. The predicted octanol–water partition coefficient (Wildman–Crippen LogP) is 13.3. The van der Waals surface area contributed by atoms with Gasteiger partial charge in [-0.25, -0.2) is 0 Å². The third-order valence-electron chi connectivity index (χ3n) is 10.1. The van der Waals surface area contributed by atoms with E-state index in [1.807, 2.05) is 13.8 Å². The Morgan fingerprint density at radius 2 is 1.07 bits per heavy atom. The van der Waals surface area contributed by atoms with Gasteiger partial charge in [-0.2, -0.15) is 0 Å². The van der Waals surface area contributed by atoms with E-state index in [4.69, 9.17) is 0 Å². The highest BCUT2D eigenvalue weighted by atomic mass is 14.3. The molecule has 46 heavy (non-hydrogen) atoms. The van der Waals surface area contributed by atoms with E-state index in [9.17, 15) is 0 Å². The topological polar surface area (TPSA) is 0 Å². The minimum atomic E-state index is 1.07. The Hall–Kier alpha value is -5.46. The van der Waals surface area contributed by atoms with Crippen LogP contribution in [0.15, 0.2) is 140 Å². The largest absolute Gasteiger partial charge is 0.0836 e. The third-order valence-corrected chi connectivity index (χ3v) is 10.1. The molecule has 0 atom stereocenters. The lowest BCUT2D eigenvalue weighted by molar-refractivity contribution is 0.992. The van der Waals surface area contributed by atoms with Crippen molar-refractivity contribution in [1.29, 1.82) is 0 Å². The summed E-state index contributed by atoms with van der Waals surface area (Å²) in [5.41, 5.74) is 13.5. The molecule has 2 aliphatic carbocycles. The monoisotopic (exact) mass is 586 g/mol. The van der Waals surface area contributed by atoms with E-state index in [-0.39, 0.29) is 0 Å². The molecule has 8 aromatic rings. The van der Waals surface area contributed by atoms with Gasteiger partial charge in [-0.15, -0.1) is 0 Å². The van der Waals surface area contributed by atoms with Crippen LogP contribution in [0.2, 0.25) is 0 Å². The molecule has 0 N–H and O–H groups in total. The van der Waals surface area contributed by atoms with Gasteiger partial charge in [0.25, 0.3) is 0 Å². The number of hydrogen-bond donors (Lipinski definition) is 0. The first-order valence-electron chi connectivity index (χ1n) is 16.7. The summed E-state index contributed by atoms with van der Waals surface area (Å²) < 4.78 is 0. The average Bonchev–Trinajstić information content (AvgIpc) is 3.46.